The van der Waals surface area contributed by atoms with Gasteiger partial charge in [-0.05, 0) is 48.2 Å². The third-order valence-corrected chi connectivity index (χ3v) is 5.87. The quantitative estimate of drug-likeness (QED) is 0.944. The minimum atomic E-state index is -3.07. The van der Waals surface area contributed by atoms with E-state index in [0.717, 1.165) is 42.3 Å². The van der Waals surface area contributed by atoms with E-state index in [9.17, 15) is 8.42 Å². The molecule has 1 heterocycles. The summed E-state index contributed by atoms with van der Waals surface area (Å²) in [5.41, 5.74) is 0.914. The van der Waals surface area contributed by atoms with Crippen LogP contribution in [0.15, 0.2) is 42.5 Å². The lowest BCUT2D eigenvalue weighted by Gasteiger charge is -2.22. The molecule has 3 nitrogen and oxygen atoms in total. The maximum Gasteiger partial charge on any atom is 0.154 e. The first-order valence-corrected chi connectivity index (χ1v) is 9.34. The van der Waals surface area contributed by atoms with E-state index >= 15 is 0 Å². The van der Waals surface area contributed by atoms with Crippen molar-refractivity contribution in [3.05, 3.63) is 48.0 Å². The van der Waals surface area contributed by atoms with E-state index in [1.165, 1.54) is 0 Å². The SMILES string of the molecule is O=S(=O)(Cc1cccc2ccccc12)CC1CCCNC1. The maximum atomic E-state index is 12.5. The smallest absolute Gasteiger partial charge is 0.154 e. The number of hydrogen-bond donors (Lipinski definition) is 1. The zero-order chi connectivity index (χ0) is 14.7. The van der Waals surface area contributed by atoms with Gasteiger partial charge in [-0.1, -0.05) is 42.5 Å². The van der Waals surface area contributed by atoms with Crippen LogP contribution in [0.1, 0.15) is 18.4 Å². The van der Waals surface area contributed by atoms with Crippen molar-refractivity contribution in [2.45, 2.75) is 18.6 Å². The zero-order valence-electron chi connectivity index (χ0n) is 12.1. The van der Waals surface area contributed by atoms with Crippen molar-refractivity contribution in [2.24, 2.45) is 5.92 Å². The summed E-state index contributed by atoms with van der Waals surface area (Å²) in [6.07, 6.45) is 2.09. The molecule has 2 aromatic rings. The highest BCUT2D eigenvalue weighted by atomic mass is 32.2. The molecule has 0 spiro atoms. The van der Waals surface area contributed by atoms with E-state index in [1.807, 2.05) is 42.5 Å². The third-order valence-electron chi connectivity index (χ3n) is 4.14. The highest BCUT2D eigenvalue weighted by Crippen LogP contribution is 2.22. The lowest BCUT2D eigenvalue weighted by Crippen LogP contribution is -2.34. The maximum absolute atomic E-state index is 12.5. The topological polar surface area (TPSA) is 46.2 Å². The number of rotatable bonds is 4. The van der Waals surface area contributed by atoms with E-state index < -0.39 is 9.84 Å². The number of nitrogens with one attached hydrogen (secondary N) is 1. The van der Waals surface area contributed by atoms with Crippen LogP contribution in [0.5, 0.6) is 0 Å². The van der Waals surface area contributed by atoms with E-state index in [4.69, 9.17) is 0 Å². The van der Waals surface area contributed by atoms with Gasteiger partial charge in [0.25, 0.3) is 0 Å². The lowest BCUT2D eigenvalue weighted by molar-refractivity contribution is 0.404. The van der Waals surface area contributed by atoms with Crippen molar-refractivity contribution < 1.29 is 8.42 Å². The second-order valence-corrected chi connectivity index (χ2v) is 8.01. The highest BCUT2D eigenvalue weighted by molar-refractivity contribution is 7.90. The second-order valence-electron chi connectivity index (χ2n) is 5.91. The molecule has 0 aromatic heterocycles. The third kappa shape index (κ3) is 3.63. The van der Waals surface area contributed by atoms with Crippen LogP contribution >= 0.6 is 0 Å². The molecule has 1 aliphatic heterocycles. The predicted molar refractivity (Wildman–Crippen MR) is 87.0 cm³/mol. The fraction of sp³-hybridized carbons (Fsp3) is 0.412. The normalized spacial score (nSPS) is 19.7. The Hall–Kier alpha value is -1.39. The average Bonchev–Trinajstić information content (AvgIpc) is 2.48. The molecule has 0 saturated carbocycles. The molecule has 21 heavy (non-hydrogen) atoms. The van der Waals surface area contributed by atoms with Gasteiger partial charge in [-0.3, -0.25) is 0 Å². The Bertz CT molecular complexity index is 713. The Morgan fingerprint density at radius 3 is 2.71 bits per heavy atom. The number of benzene rings is 2. The summed E-state index contributed by atoms with van der Waals surface area (Å²) in [6, 6.07) is 13.9. The minimum Gasteiger partial charge on any atom is -0.316 e. The van der Waals surface area contributed by atoms with Crippen LogP contribution in [-0.4, -0.2) is 27.3 Å². The Kier molecular flexibility index (Phi) is 4.27. The van der Waals surface area contributed by atoms with Crippen LogP contribution in [0.2, 0.25) is 0 Å². The molecule has 3 rings (SSSR count). The van der Waals surface area contributed by atoms with Gasteiger partial charge in [-0.25, -0.2) is 8.42 Å². The molecule has 2 aromatic carbocycles. The van der Waals surface area contributed by atoms with Crippen molar-refractivity contribution >= 4 is 20.6 Å². The first kappa shape index (κ1) is 14.5. The summed E-state index contributed by atoms with van der Waals surface area (Å²) in [5.74, 6) is 0.701. The molecular formula is C17H21NO2S. The van der Waals surface area contributed by atoms with Crippen molar-refractivity contribution in [3.63, 3.8) is 0 Å². The van der Waals surface area contributed by atoms with E-state index in [-0.39, 0.29) is 11.7 Å². The van der Waals surface area contributed by atoms with Crippen molar-refractivity contribution in [3.8, 4) is 0 Å². The summed E-state index contributed by atoms with van der Waals surface area (Å²) < 4.78 is 25.0. The molecule has 0 bridgehead atoms. The fourth-order valence-corrected chi connectivity index (χ4v) is 4.99. The van der Waals surface area contributed by atoms with Crippen molar-refractivity contribution in [1.29, 1.82) is 0 Å². The van der Waals surface area contributed by atoms with Gasteiger partial charge in [0.15, 0.2) is 9.84 Å². The van der Waals surface area contributed by atoms with Gasteiger partial charge in [0.1, 0.15) is 0 Å². The van der Waals surface area contributed by atoms with Crippen molar-refractivity contribution in [1.82, 2.24) is 5.32 Å². The number of sulfone groups is 1. The monoisotopic (exact) mass is 303 g/mol. The fourth-order valence-electron chi connectivity index (χ4n) is 3.14. The van der Waals surface area contributed by atoms with E-state index in [1.54, 1.807) is 0 Å². The predicted octanol–water partition coefficient (Wildman–Crippen LogP) is 2.75. The number of hydrogen-bond acceptors (Lipinski definition) is 3. The summed E-state index contributed by atoms with van der Waals surface area (Å²) in [7, 11) is -3.07. The molecule has 1 N–H and O–H groups in total. The van der Waals surface area contributed by atoms with Crippen LogP contribution in [0.25, 0.3) is 10.8 Å². The molecule has 4 heteroatoms. The van der Waals surface area contributed by atoms with Gasteiger partial charge in [0.2, 0.25) is 0 Å². The first-order valence-electron chi connectivity index (χ1n) is 7.52. The van der Waals surface area contributed by atoms with Gasteiger partial charge < -0.3 is 5.32 Å². The molecule has 1 saturated heterocycles. The summed E-state index contributed by atoms with van der Waals surface area (Å²) in [6.45, 7) is 1.84. The van der Waals surface area contributed by atoms with Crippen LogP contribution in [-0.2, 0) is 15.6 Å². The number of piperidine rings is 1. The molecule has 1 atom stereocenters. The molecule has 1 fully saturated rings. The molecular weight excluding hydrogens is 282 g/mol. The van der Waals surface area contributed by atoms with E-state index in [2.05, 4.69) is 5.32 Å². The molecule has 112 valence electrons. The minimum absolute atomic E-state index is 0.144. The summed E-state index contributed by atoms with van der Waals surface area (Å²) >= 11 is 0. The van der Waals surface area contributed by atoms with Gasteiger partial charge in [0, 0.05) is 0 Å². The molecule has 0 aliphatic carbocycles. The van der Waals surface area contributed by atoms with Crippen LogP contribution in [0, 0.1) is 5.92 Å². The van der Waals surface area contributed by atoms with Gasteiger partial charge >= 0.3 is 0 Å². The molecule has 1 unspecified atom stereocenters. The Labute approximate surface area is 126 Å². The standard InChI is InChI=1S/C17H21NO2S/c19-21(20,12-14-5-4-10-18-11-14)13-16-8-3-7-15-6-1-2-9-17(15)16/h1-3,6-9,14,18H,4-5,10-13H2. The molecule has 0 amide bonds. The second kappa shape index (κ2) is 6.16. The van der Waals surface area contributed by atoms with Crippen LogP contribution in [0.4, 0.5) is 0 Å². The Morgan fingerprint density at radius 2 is 1.90 bits per heavy atom. The molecule has 0 radical (unpaired) electrons. The van der Waals surface area contributed by atoms with Crippen molar-refractivity contribution in [2.75, 3.05) is 18.8 Å². The highest BCUT2D eigenvalue weighted by Gasteiger charge is 2.22. The largest absolute Gasteiger partial charge is 0.316 e. The Balaban J connectivity index is 1.80. The lowest BCUT2D eigenvalue weighted by atomic mass is 10.0. The summed E-state index contributed by atoms with van der Waals surface area (Å²) in [5, 5.41) is 5.43. The first-order chi connectivity index (χ1) is 10.1. The van der Waals surface area contributed by atoms with Gasteiger partial charge in [-0.15, -0.1) is 0 Å². The van der Waals surface area contributed by atoms with E-state index in [0.29, 0.717) is 5.75 Å². The number of fused-ring (bicyclic) bond motifs is 1. The Morgan fingerprint density at radius 1 is 1.10 bits per heavy atom. The average molecular weight is 303 g/mol. The zero-order valence-corrected chi connectivity index (χ0v) is 12.9. The van der Waals surface area contributed by atoms with Crippen LogP contribution < -0.4 is 5.32 Å². The van der Waals surface area contributed by atoms with Gasteiger partial charge in [-0.2, -0.15) is 0 Å². The van der Waals surface area contributed by atoms with Gasteiger partial charge in [0.05, 0.1) is 11.5 Å². The molecule has 1 aliphatic rings. The van der Waals surface area contributed by atoms with Crippen LogP contribution in [0.3, 0.4) is 0 Å². The summed E-state index contributed by atoms with van der Waals surface area (Å²) in [4.78, 5) is 0.